The molecular weight excluding hydrogens is 314 g/mol. The molecule has 0 saturated carbocycles. The van der Waals surface area contributed by atoms with Gasteiger partial charge in [-0.25, -0.2) is 0 Å². The summed E-state index contributed by atoms with van der Waals surface area (Å²) < 4.78 is 4.62. The normalized spacial score (nSPS) is 15.8. The molecule has 24 heavy (non-hydrogen) atoms. The van der Waals surface area contributed by atoms with Crippen LogP contribution in [0.2, 0.25) is 0 Å². The molecule has 0 unspecified atom stereocenters. The number of benzene rings is 2. The van der Waals surface area contributed by atoms with Gasteiger partial charge in [0.15, 0.2) is 0 Å². The zero-order valence-corrected chi connectivity index (χ0v) is 13.7. The van der Waals surface area contributed by atoms with Crippen LogP contribution < -0.4 is 10.6 Å². The number of fused-ring (bicyclic) bond motifs is 2. The number of hydrogen-bond acceptors (Lipinski definition) is 3. The van der Waals surface area contributed by atoms with Gasteiger partial charge in [0.05, 0.1) is 22.0 Å². The lowest BCUT2D eigenvalue weighted by Crippen LogP contribution is -2.23. The van der Waals surface area contributed by atoms with E-state index in [4.69, 9.17) is 0 Å². The predicted octanol–water partition coefficient (Wildman–Crippen LogP) is 3.84. The van der Waals surface area contributed by atoms with Crippen molar-refractivity contribution in [2.75, 3.05) is 0 Å². The Morgan fingerprint density at radius 1 is 0.792 bits per heavy atom. The summed E-state index contributed by atoms with van der Waals surface area (Å²) in [7, 11) is 0. The van der Waals surface area contributed by atoms with Crippen LogP contribution in [-0.2, 0) is 0 Å². The quantitative estimate of drug-likeness (QED) is 0.705. The third-order valence-electron chi connectivity index (χ3n) is 3.78. The third kappa shape index (κ3) is 3.05. The van der Waals surface area contributed by atoms with Gasteiger partial charge in [0.2, 0.25) is 0 Å². The second-order valence-corrected chi connectivity index (χ2v) is 6.22. The molecule has 116 valence electrons. The molecule has 0 radical (unpaired) electrons. The smallest absolute Gasteiger partial charge is 0.0929 e. The molecule has 0 atom stereocenters. The van der Waals surface area contributed by atoms with Gasteiger partial charge < -0.3 is 4.37 Å². The van der Waals surface area contributed by atoms with E-state index >= 15 is 0 Å². The molecule has 1 aliphatic heterocycles. The van der Waals surface area contributed by atoms with E-state index in [-0.39, 0.29) is 0 Å². The maximum absolute atomic E-state index is 4.29. The molecule has 0 amide bonds. The Hall–Kier alpha value is -2.98. The van der Waals surface area contributed by atoms with E-state index in [2.05, 4.69) is 57.1 Å². The molecule has 0 bridgehead atoms. The molecule has 2 aromatic carbocycles. The number of H-pyrrole nitrogens is 1. The van der Waals surface area contributed by atoms with Crippen molar-refractivity contribution in [1.29, 1.82) is 0 Å². The first kappa shape index (κ1) is 14.6. The first-order chi connectivity index (χ1) is 11.9. The van der Waals surface area contributed by atoms with Gasteiger partial charge in [-0.3, -0.25) is 0 Å². The van der Waals surface area contributed by atoms with Crippen LogP contribution in [0.3, 0.4) is 0 Å². The summed E-state index contributed by atoms with van der Waals surface area (Å²) in [5.41, 5.74) is 1.99. The average molecular weight is 329 g/mol. The highest BCUT2D eigenvalue weighted by molar-refractivity contribution is 7.12. The number of rotatable bonds is 1. The highest BCUT2D eigenvalue weighted by Crippen LogP contribution is 2.17. The van der Waals surface area contributed by atoms with E-state index < -0.39 is 0 Å². The minimum Gasteiger partial charge on any atom is -0.310 e. The predicted molar refractivity (Wildman–Crippen MR) is 102 cm³/mol. The van der Waals surface area contributed by atoms with E-state index in [1.165, 1.54) is 10.1 Å². The van der Waals surface area contributed by atoms with Crippen molar-refractivity contribution in [1.82, 2.24) is 4.37 Å². The molecule has 3 aromatic rings. The molecule has 4 heteroatoms. The molecule has 1 N–H and O–H groups in total. The molecule has 2 heterocycles. The fraction of sp³-hybridized carbons (Fsp3) is 0. The summed E-state index contributed by atoms with van der Waals surface area (Å²) in [6.45, 7) is 0. The molecule has 1 aliphatic rings. The van der Waals surface area contributed by atoms with Crippen LogP contribution in [0.25, 0.3) is 21.7 Å². The van der Waals surface area contributed by atoms with E-state index in [9.17, 15) is 0 Å². The van der Waals surface area contributed by atoms with Gasteiger partial charge in [0.1, 0.15) is 0 Å². The van der Waals surface area contributed by atoms with Gasteiger partial charge in [-0.15, -0.1) is 0 Å². The molecular formula is C20H15N3S. The van der Waals surface area contributed by atoms with Crippen molar-refractivity contribution < 1.29 is 0 Å². The molecule has 0 aliphatic carbocycles. The van der Waals surface area contributed by atoms with Crippen molar-refractivity contribution >= 4 is 39.5 Å². The van der Waals surface area contributed by atoms with E-state index in [1.54, 1.807) is 17.7 Å². The summed E-state index contributed by atoms with van der Waals surface area (Å²) in [5.74, 6) is 0. The Labute approximate surface area is 143 Å². The first-order valence-corrected chi connectivity index (χ1v) is 8.50. The van der Waals surface area contributed by atoms with Crippen LogP contribution in [-0.4, -0.2) is 10.6 Å². The van der Waals surface area contributed by atoms with E-state index in [0.717, 1.165) is 21.8 Å². The number of nitrogens with zero attached hydrogens (tertiary/aromatic N) is 2. The fourth-order valence-electron chi connectivity index (χ4n) is 2.51. The van der Waals surface area contributed by atoms with Crippen molar-refractivity contribution in [3.8, 4) is 0 Å². The number of nitrogens with one attached hydrogen (secondary N) is 1. The van der Waals surface area contributed by atoms with Gasteiger partial charge in [0, 0.05) is 10.8 Å². The van der Waals surface area contributed by atoms with Gasteiger partial charge >= 0.3 is 0 Å². The summed E-state index contributed by atoms with van der Waals surface area (Å²) in [6.07, 6.45) is 5.92. The van der Waals surface area contributed by atoms with Crippen LogP contribution in [0.4, 0.5) is 0 Å². The topological polar surface area (TPSA) is 40.5 Å². The average Bonchev–Trinajstić information content (AvgIpc) is 2.57. The van der Waals surface area contributed by atoms with Gasteiger partial charge in [-0.2, -0.15) is 10.2 Å². The SMILES string of the molecule is C1=N/N=c2/cccc/c2=C/C=C1c1cccc2ccccc2s[nH]1. The Morgan fingerprint density at radius 2 is 1.62 bits per heavy atom. The maximum atomic E-state index is 4.29. The number of aromatic amines is 1. The molecule has 1 aromatic heterocycles. The first-order valence-electron chi connectivity index (χ1n) is 7.69. The number of aromatic nitrogens is 1. The highest BCUT2D eigenvalue weighted by atomic mass is 32.1. The minimum absolute atomic E-state index is 0.881. The summed E-state index contributed by atoms with van der Waals surface area (Å²) in [5, 5.41) is 11.7. The van der Waals surface area contributed by atoms with Crippen LogP contribution >= 0.6 is 11.5 Å². The second-order valence-electron chi connectivity index (χ2n) is 5.37. The Balaban J connectivity index is 1.85. The zero-order valence-electron chi connectivity index (χ0n) is 12.9. The Kier molecular flexibility index (Phi) is 4.04. The zero-order chi connectivity index (χ0) is 16.2. The number of hydrogen-bond donors (Lipinski definition) is 1. The Morgan fingerprint density at radius 3 is 2.62 bits per heavy atom. The molecule has 0 saturated heterocycles. The van der Waals surface area contributed by atoms with Gasteiger partial charge in [-0.05, 0) is 23.6 Å². The van der Waals surface area contributed by atoms with Crippen LogP contribution in [0.5, 0.6) is 0 Å². The summed E-state index contributed by atoms with van der Waals surface area (Å²) in [6, 6.07) is 22.5. The second kappa shape index (κ2) is 6.64. The van der Waals surface area contributed by atoms with Crippen molar-refractivity contribution in [3.63, 3.8) is 0 Å². The van der Waals surface area contributed by atoms with Gasteiger partial charge in [0.25, 0.3) is 0 Å². The maximum Gasteiger partial charge on any atom is 0.0929 e. The van der Waals surface area contributed by atoms with E-state index in [0.29, 0.717) is 0 Å². The molecule has 4 rings (SSSR count). The lowest BCUT2D eigenvalue weighted by Gasteiger charge is -2.01. The van der Waals surface area contributed by atoms with Crippen molar-refractivity contribution in [2.24, 2.45) is 10.2 Å². The van der Waals surface area contributed by atoms with E-state index in [1.807, 2.05) is 36.4 Å². The molecule has 0 fully saturated rings. The highest BCUT2D eigenvalue weighted by Gasteiger charge is 1.99. The standard InChI is InChI=1S/C20H15N3S/c1-3-9-18-15(6-1)12-13-17(14-21-22-18)19-10-5-8-16-7-2-4-11-20(16)24-23-19/h1-14,23H/b8-5?,13-12?,15-12-,17-13?,17-14?,19-10?,21-14?,22-18-,22-21?. The third-order valence-corrected chi connectivity index (χ3v) is 4.69. The van der Waals surface area contributed by atoms with Gasteiger partial charge in [-0.1, -0.05) is 72.2 Å². The largest absolute Gasteiger partial charge is 0.310 e. The van der Waals surface area contributed by atoms with Crippen LogP contribution in [0.1, 0.15) is 5.69 Å². The summed E-state index contributed by atoms with van der Waals surface area (Å²) in [4.78, 5) is 0. The lowest BCUT2D eigenvalue weighted by molar-refractivity contribution is 1.13. The van der Waals surface area contributed by atoms with Crippen molar-refractivity contribution in [2.45, 2.75) is 0 Å². The fourth-order valence-corrected chi connectivity index (χ4v) is 3.32. The van der Waals surface area contributed by atoms with Crippen LogP contribution in [0, 0.1) is 0 Å². The molecule has 0 spiro atoms. The molecule has 3 nitrogen and oxygen atoms in total. The lowest BCUT2D eigenvalue weighted by atomic mass is 10.1. The Bertz CT molecular complexity index is 1110. The van der Waals surface area contributed by atoms with Crippen LogP contribution in [0.15, 0.2) is 83.0 Å². The van der Waals surface area contributed by atoms with Crippen molar-refractivity contribution in [3.05, 3.63) is 89.1 Å². The minimum atomic E-state index is 0.881. The number of allylic oxidation sites excluding steroid dienone is 2. The summed E-state index contributed by atoms with van der Waals surface area (Å²) >= 11 is 1.61. The monoisotopic (exact) mass is 329 g/mol.